The summed E-state index contributed by atoms with van der Waals surface area (Å²) in [6.45, 7) is 2.15. The Morgan fingerprint density at radius 3 is 2.43 bits per heavy atom. The molecule has 1 saturated heterocycles. The zero-order chi connectivity index (χ0) is 21.1. The van der Waals surface area contributed by atoms with Crippen molar-refractivity contribution in [2.45, 2.75) is 26.2 Å². The van der Waals surface area contributed by atoms with E-state index >= 15 is 0 Å². The third-order valence-electron chi connectivity index (χ3n) is 4.84. The maximum atomic E-state index is 12.9. The van der Waals surface area contributed by atoms with Crippen molar-refractivity contribution in [1.29, 1.82) is 0 Å². The van der Waals surface area contributed by atoms with Gasteiger partial charge in [0.25, 0.3) is 11.1 Å². The van der Waals surface area contributed by atoms with Gasteiger partial charge in [0, 0.05) is 16.1 Å². The highest BCUT2D eigenvalue weighted by molar-refractivity contribution is 9.10. The molecule has 0 bridgehead atoms. The number of hydrogen-bond acceptors (Lipinski definition) is 4. The minimum absolute atomic E-state index is 0.299. The van der Waals surface area contributed by atoms with Crippen LogP contribution in [-0.4, -0.2) is 11.1 Å². The van der Waals surface area contributed by atoms with Crippen LogP contribution in [0.1, 0.15) is 31.1 Å². The summed E-state index contributed by atoms with van der Waals surface area (Å²) < 4.78 is 6.85. The molecule has 2 heterocycles. The Balaban J connectivity index is 1.52. The number of amides is 2. The van der Waals surface area contributed by atoms with Crippen LogP contribution in [0.2, 0.25) is 0 Å². The Morgan fingerprint density at radius 2 is 1.73 bits per heavy atom. The molecule has 0 spiro atoms. The number of thioether (sulfide) groups is 1. The van der Waals surface area contributed by atoms with Crippen LogP contribution < -0.4 is 4.90 Å². The monoisotopic (exact) mass is 481 g/mol. The number of carbonyl (C=O) groups excluding carboxylic acids is 2. The Hall–Kier alpha value is -2.57. The zero-order valence-electron chi connectivity index (χ0n) is 16.4. The fourth-order valence-corrected chi connectivity index (χ4v) is 4.30. The van der Waals surface area contributed by atoms with Crippen LogP contribution in [0.25, 0.3) is 17.4 Å². The van der Waals surface area contributed by atoms with Crippen molar-refractivity contribution >= 4 is 50.6 Å². The SMILES string of the molecule is CCCCc1ccc(N2C(=O)S/C(=C/c3ccc(-c4ccc(Br)cc4)o3)C2=O)cc1. The van der Waals surface area contributed by atoms with Gasteiger partial charge in [-0.05, 0) is 66.6 Å². The van der Waals surface area contributed by atoms with E-state index < -0.39 is 0 Å². The lowest BCUT2D eigenvalue weighted by Crippen LogP contribution is -2.27. The molecular weight excluding hydrogens is 462 g/mol. The summed E-state index contributed by atoms with van der Waals surface area (Å²) in [7, 11) is 0. The van der Waals surface area contributed by atoms with Gasteiger partial charge in [0.2, 0.25) is 0 Å². The van der Waals surface area contributed by atoms with Crippen LogP contribution in [0.15, 0.2) is 74.5 Å². The van der Waals surface area contributed by atoms with E-state index in [1.165, 1.54) is 10.5 Å². The van der Waals surface area contributed by atoms with Crippen LogP contribution in [0.4, 0.5) is 10.5 Å². The molecule has 0 saturated carbocycles. The number of nitrogens with zero attached hydrogens (tertiary/aromatic N) is 1. The molecule has 2 amide bonds. The molecule has 0 radical (unpaired) electrons. The van der Waals surface area contributed by atoms with Crippen molar-refractivity contribution in [3.05, 3.63) is 81.4 Å². The highest BCUT2D eigenvalue weighted by Crippen LogP contribution is 2.36. The summed E-state index contributed by atoms with van der Waals surface area (Å²) in [6.07, 6.45) is 4.88. The minimum Gasteiger partial charge on any atom is -0.457 e. The van der Waals surface area contributed by atoms with Crippen LogP contribution in [0.5, 0.6) is 0 Å². The quantitative estimate of drug-likeness (QED) is 0.346. The van der Waals surface area contributed by atoms with Gasteiger partial charge in [-0.15, -0.1) is 0 Å². The van der Waals surface area contributed by atoms with Crippen molar-refractivity contribution in [2.24, 2.45) is 0 Å². The summed E-state index contributed by atoms with van der Waals surface area (Å²) in [5, 5.41) is -0.299. The number of unbranched alkanes of at least 4 members (excludes halogenated alkanes) is 1. The summed E-state index contributed by atoms with van der Waals surface area (Å²) in [4.78, 5) is 26.9. The zero-order valence-corrected chi connectivity index (χ0v) is 18.8. The van der Waals surface area contributed by atoms with E-state index in [2.05, 4.69) is 22.9 Å². The van der Waals surface area contributed by atoms with Gasteiger partial charge in [0.15, 0.2) is 0 Å². The lowest BCUT2D eigenvalue weighted by Gasteiger charge is -2.13. The topological polar surface area (TPSA) is 50.5 Å². The predicted octanol–water partition coefficient (Wildman–Crippen LogP) is 7.29. The van der Waals surface area contributed by atoms with Crippen LogP contribution in [-0.2, 0) is 11.2 Å². The van der Waals surface area contributed by atoms with Crippen molar-refractivity contribution in [3.63, 3.8) is 0 Å². The molecule has 1 aliphatic rings. The van der Waals surface area contributed by atoms with Crippen LogP contribution >= 0.6 is 27.7 Å². The molecule has 1 fully saturated rings. The Kier molecular flexibility index (Phi) is 6.25. The number of carbonyl (C=O) groups is 2. The van der Waals surface area contributed by atoms with E-state index in [0.717, 1.165) is 41.1 Å². The molecule has 0 N–H and O–H groups in total. The van der Waals surface area contributed by atoms with E-state index in [4.69, 9.17) is 4.42 Å². The number of imide groups is 1. The number of anilines is 1. The van der Waals surface area contributed by atoms with Gasteiger partial charge in [-0.1, -0.05) is 53.5 Å². The average Bonchev–Trinajstić information content (AvgIpc) is 3.32. The Bertz CT molecular complexity index is 1100. The molecule has 6 heteroatoms. The molecule has 3 aromatic rings. The number of hydrogen-bond donors (Lipinski definition) is 0. The molecule has 0 atom stereocenters. The van der Waals surface area contributed by atoms with E-state index in [1.54, 1.807) is 12.1 Å². The second-order valence-electron chi connectivity index (χ2n) is 7.00. The van der Waals surface area contributed by atoms with Crippen LogP contribution in [0, 0.1) is 0 Å². The van der Waals surface area contributed by atoms with Crippen molar-refractivity contribution < 1.29 is 14.0 Å². The van der Waals surface area contributed by atoms with Gasteiger partial charge in [-0.2, -0.15) is 0 Å². The van der Waals surface area contributed by atoms with E-state index in [0.29, 0.717) is 22.1 Å². The maximum Gasteiger partial charge on any atom is 0.298 e. The lowest BCUT2D eigenvalue weighted by atomic mass is 10.1. The first kappa shape index (κ1) is 20.7. The van der Waals surface area contributed by atoms with Gasteiger partial charge < -0.3 is 4.42 Å². The highest BCUT2D eigenvalue weighted by atomic mass is 79.9. The first-order valence-corrected chi connectivity index (χ1v) is 11.4. The molecular formula is C24H20BrNO3S. The first-order chi connectivity index (χ1) is 14.5. The summed E-state index contributed by atoms with van der Waals surface area (Å²) >= 11 is 4.35. The minimum atomic E-state index is -0.326. The second-order valence-corrected chi connectivity index (χ2v) is 8.90. The summed E-state index contributed by atoms with van der Waals surface area (Å²) in [6, 6.07) is 19.1. The molecule has 0 aliphatic carbocycles. The van der Waals surface area contributed by atoms with Gasteiger partial charge in [-0.3, -0.25) is 9.59 Å². The number of rotatable bonds is 6. The molecule has 1 aliphatic heterocycles. The lowest BCUT2D eigenvalue weighted by molar-refractivity contribution is -0.113. The predicted molar refractivity (Wildman–Crippen MR) is 125 cm³/mol. The van der Waals surface area contributed by atoms with Crippen molar-refractivity contribution in [3.8, 4) is 11.3 Å². The summed E-state index contributed by atoms with van der Waals surface area (Å²) in [5.74, 6) is 0.914. The number of benzene rings is 2. The average molecular weight is 482 g/mol. The van der Waals surface area contributed by atoms with E-state index in [1.807, 2.05) is 54.6 Å². The maximum absolute atomic E-state index is 12.9. The first-order valence-electron chi connectivity index (χ1n) is 9.78. The molecule has 0 unspecified atom stereocenters. The van der Waals surface area contributed by atoms with Crippen molar-refractivity contribution in [2.75, 3.05) is 4.90 Å². The molecule has 1 aromatic heterocycles. The third-order valence-corrected chi connectivity index (χ3v) is 6.23. The second kappa shape index (κ2) is 9.06. The standard InChI is InChI=1S/C24H20BrNO3S/c1-2-3-4-16-5-11-19(12-6-16)26-23(27)22(30-24(26)28)15-20-13-14-21(29-20)17-7-9-18(25)10-8-17/h5-15H,2-4H2,1H3/b22-15+. The van der Waals surface area contributed by atoms with Gasteiger partial charge in [-0.25, -0.2) is 4.90 Å². The fourth-order valence-electron chi connectivity index (χ4n) is 3.21. The normalized spacial score (nSPS) is 15.4. The van der Waals surface area contributed by atoms with Gasteiger partial charge >= 0.3 is 0 Å². The number of halogens is 1. The third kappa shape index (κ3) is 4.45. The largest absolute Gasteiger partial charge is 0.457 e. The van der Waals surface area contributed by atoms with Gasteiger partial charge in [0.05, 0.1) is 10.6 Å². The van der Waals surface area contributed by atoms with Crippen LogP contribution in [0.3, 0.4) is 0 Å². The molecule has 4 rings (SSSR count). The molecule has 30 heavy (non-hydrogen) atoms. The molecule has 152 valence electrons. The smallest absolute Gasteiger partial charge is 0.298 e. The molecule has 4 nitrogen and oxygen atoms in total. The highest BCUT2D eigenvalue weighted by Gasteiger charge is 2.36. The number of aryl methyl sites for hydroxylation is 1. The van der Waals surface area contributed by atoms with E-state index in [-0.39, 0.29) is 11.1 Å². The Morgan fingerprint density at radius 1 is 1.00 bits per heavy atom. The van der Waals surface area contributed by atoms with Gasteiger partial charge in [0.1, 0.15) is 11.5 Å². The Labute approximate surface area is 188 Å². The van der Waals surface area contributed by atoms with E-state index in [9.17, 15) is 9.59 Å². The molecule has 2 aromatic carbocycles. The number of furan rings is 1. The van der Waals surface area contributed by atoms with Crippen molar-refractivity contribution in [1.82, 2.24) is 0 Å². The summed E-state index contributed by atoms with van der Waals surface area (Å²) in [5.41, 5.74) is 2.74. The fraction of sp³-hybridized carbons (Fsp3) is 0.167.